The van der Waals surface area contributed by atoms with Gasteiger partial charge in [-0.2, -0.15) is 0 Å². The van der Waals surface area contributed by atoms with Crippen molar-refractivity contribution in [3.05, 3.63) is 0 Å². The van der Waals surface area contributed by atoms with Crippen LogP contribution >= 0.6 is 0 Å². The quantitative estimate of drug-likeness (QED) is 0.472. The molecule has 0 unspecified atom stereocenters. The molecule has 0 bridgehead atoms. The third-order valence-electron chi connectivity index (χ3n) is 1.66. The molecule has 0 aromatic rings. The fourth-order valence-corrected chi connectivity index (χ4v) is 0.925. The Labute approximate surface area is 49.9 Å². The highest BCUT2D eigenvalue weighted by Gasteiger charge is 2.17. The van der Waals surface area contributed by atoms with Crippen LogP contribution in [0.3, 0.4) is 0 Å². The lowest BCUT2D eigenvalue weighted by Crippen LogP contribution is -2.34. The average molecular weight is 114 g/mol. The molecule has 2 nitrogen and oxygen atoms in total. The van der Waals surface area contributed by atoms with Gasteiger partial charge in [0.25, 0.3) is 0 Å². The molecule has 1 fully saturated rings. The molecule has 1 N–H and O–H groups in total. The molecule has 0 saturated carbocycles. The average Bonchev–Trinajstić information content (AvgIpc) is 1.77. The molecule has 0 spiro atoms. The van der Waals surface area contributed by atoms with Crippen LogP contribution in [0.15, 0.2) is 0 Å². The second-order valence-electron chi connectivity index (χ2n) is 2.46. The Bertz CT molecular complexity index is 64.9. The van der Waals surface area contributed by atoms with Crippen LogP contribution in [0.5, 0.6) is 0 Å². The van der Waals surface area contributed by atoms with E-state index < -0.39 is 0 Å². The summed E-state index contributed by atoms with van der Waals surface area (Å²) in [6.07, 6.45) is 0.772. The molecule has 0 aromatic heterocycles. The smallest absolute Gasteiger partial charge is 0.0591 e. The Balaban J connectivity index is 2.28. The molecule has 1 saturated heterocycles. The summed E-state index contributed by atoms with van der Waals surface area (Å²) in [5.41, 5.74) is 0. The standard InChI is InChI=1S/C6H12NO/c1-5-4-7-3-2-6(5)8/h5-6,8H,2-4H2,1H3/t5-,6+/m0/s1. The van der Waals surface area contributed by atoms with Crippen LogP contribution in [-0.4, -0.2) is 24.3 Å². The molecule has 47 valence electrons. The fraction of sp³-hybridized carbons (Fsp3) is 1.00. The first-order valence-electron chi connectivity index (χ1n) is 3.12. The van der Waals surface area contributed by atoms with Crippen molar-refractivity contribution < 1.29 is 5.11 Å². The first-order valence-corrected chi connectivity index (χ1v) is 3.12. The van der Waals surface area contributed by atoms with E-state index in [0.29, 0.717) is 5.92 Å². The van der Waals surface area contributed by atoms with Gasteiger partial charge in [0, 0.05) is 13.1 Å². The first kappa shape index (κ1) is 6.05. The van der Waals surface area contributed by atoms with Gasteiger partial charge in [-0.1, -0.05) is 6.92 Å². The molecular formula is C6H12NO. The maximum Gasteiger partial charge on any atom is 0.0591 e. The summed E-state index contributed by atoms with van der Waals surface area (Å²) in [6, 6.07) is 0. The minimum Gasteiger partial charge on any atom is -0.393 e. The fourth-order valence-electron chi connectivity index (χ4n) is 0.925. The predicted molar refractivity (Wildman–Crippen MR) is 31.7 cm³/mol. The van der Waals surface area contributed by atoms with Gasteiger partial charge in [0.2, 0.25) is 0 Å². The monoisotopic (exact) mass is 114 g/mol. The van der Waals surface area contributed by atoms with Gasteiger partial charge in [0.15, 0.2) is 0 Å². The molecule has 8 heavy (non-hydrogen) atoms. The van der Waals surface area contributed by atoms with E-state index in [-0.39, 0.29) is 6.10 Å². The van der Waals surface area contributed by atoms with Gasteiger partial charge < -0.3 is 5.11 Å². The van der Waals surface area contributed by atoms with Gasteiger partial charge in [-0.15, -0.1) is 0 Å². The number of hydrogen-bond acceptors (Lipinski definition) is 1. The van der Waals surface area contributed by atoms with Gasteiger partial charge in [0.1, 0.15) is 0 Å². The lowest BCUT2D eigenvalue weighted by Gasteiger charge is -2.23. The number of hydrogen-bond donors (Lipinski definition) is 1. The summed E-state index contributed by atoms with van der Waals surface area (Å²) < 4.78 is 0. The zero-order valence-electron chi connectivity index (χ0n) is 5.17. The third kappa shape index (κ3) is 1.20. The highest BCUT2D eigenvalue weighted by Crippen LogP contribution is 2.09. The van der Waals surface area contributed by atoms with Crippen LogP contribution in [-0.2, 0) is 0 Å². The molecule has 1 aliphatic heterocycles. The summed E-state index contributed by atoms with van der Waals surface area (Å²) in [5.74, 6) is 0.392. The summed E-state index contributed by atoms with van der Waals surface area (Å²) >= 11 is 0. The SMILES string of the molecule is C[C@H]1C[N]CC[C@H]1O. The van der Waals surface area contributed by atoms with Gasteiger partial charge >= 0.3 is 0 Å². The molecule has 0 aliphatic carbocycles. The van der Waals surface area contributed by atoms with E-state index in [9.17, 15) is 0 Å². The molecule has 1 heterocycles. The Morgan fingerprint density at radius 3 is 2.75 bits per heavy atom. The van der Waals surface area contributed by atoms with Crippen LogP contribution in [0.1, 0.15) is 13.3 Å². The van der Waals surface area contributed by atoms with E-state index in [1.807, 2.05) is 6.92 Å². The van der Waals surface area contributed by atoms with Crippen molar-refractivity contribution in [3.63, 3.8) is 0 Å². The lowest BCUT2D eigenvalue weighted by molar-refractivity contribution is 0.0870. The minimum atomic E-state index is -0.0903. The molecule has 1 rings (SSSR count). The molecule has 2 atom stereocenters. The Morgan fingerprint density at radius 2 is 2.38 bits per heavy atom. The van der Waals surface area contributed by atoms with Crippen LogP contribution < -0.4 is 5.32 Å². The first-order chi connectivity index (χ1) is 3.80. The van der Waals surface area contributed by atoms with Crippen molar-refractivity contribution in [2.75, 3.05) is 13.1 Å². The molecule has 0 aromatic carbocycles. The number of rotatable bonds is 0. The van der Waals surface area contributed by atoms with Crippen LogP contribution in [0.25, 0.3) is 0 Å². The highest BCUT2D eigenvalue weighted by atomic mass is 16.3. The van der Waals surface area contributed by atoms with E-state index >= 15 is 0 Å². The van der Waals surface area contributed by atoms with Gasteiger partial charge in [-0.25, -0.2) is 5.32 Å². The van der Waals surface area contributed by atoms with Crippen molar-refractivity contribution in [1.29, 1.82) is 0 Å². The zero-order chi connectivity index (χ0) is 5.98. The lowest BCUT2D eigenvalue weighted by atomic mass is 9.99. The zero-order valence-corrected chi connectivity index (χ0v) is 5.17. The van der Waals surface area contributed by atoms with Crippen LogP contribution in [0.4, 0.5) is 0 Å². The van der Waals surface area contributed by atoms with Crippen molar-refractivity contribution in [2.24, 2.45) is 5.92 Å². The van der Waals surface area contributed by atoms with E-state index in [4.69, 9.17) is 5.11 Å². The molecule has 2 heteroatoms. The molecule has 1 aliphatic rings. The summed E-state index contributed by atoms with van der Waals surface area (Å²) in [4.78, 5) is 0. The predicted octanol–water partition coefficient (Wildman–Crippen LogP) is -0.00850. The number of aliphatic hydroxyl groups is 1. The molecular weight excluding hydrogens is 102 g/mol. The van der Waals surface area contributed by atoms with Crippen molar-refractivity contribution in [2.45, 2.75) is 19.4 Å². The van der Waals surface area contributed by atoms with E-state index in [0.717, 1.165) is 19.5 Å². The van der Waals surface area contributed by atoms with E-state index in [2.05, 4.69) is 5.32 Å². The maximum absolute atomic E-state index is 9.12. The van der Waals surface area contributed by atoms with Gasteiger partial charge in [-0.3, -0.25) is 0 Å². The van der Waals surface area contributed by atoms with E-state index in [1.54, 1.807) is 0 Å². The second-order valence-corrected chi connectivity index (χ2v) is 2.46. The Kier molecular flexibility index (Phi) is 1.86. The number of nitrogens with zero attached hydrogens (tertiary/aromatic N) is 1. The normalized spacial score (nSPS) is 39.8. The minimum absolute atomic E-state index is 0.0903. The topological polar surface area (TPSA) is 34.3 Å². The largest absolute Gasteiger partial charge is 0.393 e. The van der Waals surface area contributed by atoms with Crippen LogP contribution in [0, 0.1) is 5.92 Å². The number of piperidine rings is 1. The van der Waals surface area contributed by atoms with Crippen LogP contribution in [0.2, 0.25) is 0 Å². The third-order valence-corrected chi connectivity index (χ3v) is 1.66. The second kappa shape index (κ2) is 2.46. The van der Waals surface area contributed by atoms with Crippen molar-refractivity contribution in [3.8, 4) is 0 Å². The van der Waals surface area contributed by atoms with Gasteiger partial charge in [0.05, 0.1) is 6.10 Å². The van der Waals surface area contributed by atoms with Crippen molar-refractivity contribution in [1.82, 2.24) is 5.32 Å². The summed E-state index contributed by atoms with van der Waals surface area (Å²) in [5, 5.41) is 13.3. The Hall–Kier alpha value is -0.0800. The van der Waals surface area contributed by atoms with Gasteiger partial charge in [-0.05, 0) is 12.3 Å². The van der Waals surface area contributed by atoms with E-state index in [1.165, 1.54) is 0 Å². The highest BCUT2D eigenvalue weighted by molar-refractivity contribution is 4.72. The summed E-state index contributed by atoms with van der Waals surface area (Å²) in [6.45, 7) is 3.74. The molecule has 1 radical (unpaired) electrons. The molecule has 0 amide bonds. The maximum atomic E-state index is 9.12. The number of aliphatic hydroxyl groups excluding tert-OH is 1. The summed E-state index contributed by atoms with van der Waals surface area (Å²) in [7, 11) is 0. The van der Waals surface area contributed by atoms with Crippen molar-refractivity contribution >= 4 is 0 Å². The Morgan fingerprint density at radius 1 is 1.62 bits per heavy atom.